The van der Waals surface area contributed by atoms with Crippen molar-refractivity contribution in [1.29, 1.82) is 0 Å². The quantitative estimate of drug-likeness (QED) is 0.513. The zero-order valence-corrected chi connectivity index (χ0v) is 14.6. The Morgan fingerprint density at radius 1 is 1.35 bits per heavy atom. The van der Waals surface area contributed by atoms with Gasteiger partial charge in [-0.25, -0.2) is 14.2 Å². The molecule has 4 rings (SSSR count). The van der Waals surface area contributed by atoms with Crippen molar-refractivity contribution in [3.63, 3.8) is 0 Å². The van der Waals surface area contributed by atoms with E-state index in [1.54, 1.807) is 13.8 Å². The van der Waals surface area contributed by atoms with Crippen LogP contribution in [0.2, 0.25) is 0 Å². The van der Waals surface area contributed by atoms with Crippen LogP contribution in [0.25, 0.3) is 15.9 Å². The van der Waals surface area contributed by atoms with Gasteiger partial charge in [0, 0.05) is 22.7 Å². The summed E-state index contributed by atoms with van der Waals surface area (Å²) in [5.41, 5.74) is 1.20. The number of esters is 1. The third kappa shape index (κ3) is 2.76. The average Bonchev–Trinajstić information content (AvgIpc) is 3.14. The van der Waals surface area contributed by atoms with E-state index in [9.17, 15) is 14.0 Å². The van der Waals surface area contributed by atoms with Crippen LogP contribution in [-0.2, 0) is 11.3 Å². The first kappa shape index (κ1) is 16.4. The first-order chi connectivity index (χ1) is 12.4. The molecule has 7 nitrogen and oxygen atoms in total. The first-order valence-electron chi connectivity index (χ1n) is 7.64. The molecule has 0 bridgehead atoms. The zero-order chi connectivity index (χ0) is 18.4. The molecule has 3 heterocycles. The van der Waals surface area contributed by atoms with Crippen LogP contribution >= 0.6 is 11.3 Å². The number of halogens is 1. The fraction of sp³-hybridized carbons (Fsp3) is 0.176. The lowest BCUT2D eigenvalue weighted by Gasteiger charge is -2.00. The average molecular weight is 373 g/mol. The molecular formula is C17H12FN3O4S. The third-order valence-corrected chi connectivity index (χ3v) is 4.71. The molecule has 0 saturated heterocycles. The number of carbonyl (C=O) groups is 1. The predicted molar refractivity (Wildman–Crippen MR) is 91.9 cm³/mol. The van der Waals surface area contributed by atoms with Crippen molar-refractivity contribution in [3.8, 4) is 0 Å². The molecule has 0 radical (unpaired) electrons. The molecule has 0 saturated carbocycles. The Hall–Kier alpha value is -3.07. The SMILES string of the molecule is Cc1cc(=O)n2nc(COC(=O)c3oc4ccc(F)cc4c3C)sc2n1. The molecule has 4 aromatic rings. The van der Waals surface area contributed by atoms with Crippen LogP contribution in [0.4, 0.5) is 4.39 Å². The number of nitrogens with zero attached hydrogens (tertiary/aromatic N) is 3. The van der Waals surface area contributed by atoms with Crippen molar-refractivity contribution in [1.82, 2.24) is 14.6 Å². The van der Waals surface area contributed by atoms with Crippen molar-refractivity contribution < 1.29 is 18.3 Å². The highest BCUT2D eigenvalue weighted by Gasteiger charge is 2.20. The van der Waals surface area contributed by atoms with Crippen LogP contribution in [-0.4, -0.2) is 20.6 Å². The van der Waals surface area contributed by atoms with Gasteiger partial charge in [-0.15, -0.1) is 0 Å². The van der Waals surface area contributed by atoms with Crippen molar-refractivity contribution in [3.05, 3.63) is 62.5 Å². The standard InChI is InChI=1S/C17H12FN3O4S/c1-8-5-14(22)21-17(19-8)26-13(20-21)7-24-16(23)15-9(2)11-6-10(18)3-4-12(11)25-15/h3-6H,7H2,1-2H3. The molecule has 0 aliphatic heterocycles. The number of benzene rings is 1. The van der Waals surface area contributed by atoms with Crippen molar-refractivity contribution >= 4 is 33.2 Å². The highest BCUT2D eigenvalue weighted by molar-refractivity contribution is 7.16. The van der Waals surface area contributed by atoms with Gasteiger partial charge in [0.2, 0.25) is 10.7 Å². The molecule has 0 atom stereocenters. The largest absolute Gasteiger partial charge is 0.452 e. The Bertz CT molecular complexity index is 1220. The molecule has 0 aliphatic rings. The summed E-state index contributed by atoms with van der Waals surface area (Å²) in [6, 6.07) is 5.40. The molecule has 0 N–H and O–H groups in total. The van der Waals surface area contributed by atoms with E-state index in [2.05, 4.69) is 10.1 Å². The van der Waals surface area contributed by atoms with Crippen LogP contribution in [0.1, 0.15) is 26.8 Å². The van der Waals surface area contributed by atoms with E-state index in [0.717, 1.165) is 15.9 Å². The van der Waals surface area contributed by atoms with Crippen LogP contribution in [0.5, 0.6) is 0 Å². The summed E-state index contributed by atoms with van der Waals surface area (Å²) >= 11 is 1.16. The Morgan fingerprint density at radius 3 is 2.96 bits per heavy atom. The van der Waals surface area contributed by atoms with Gasteiger partial charge in [0.1, 0.15) is 18.0 Å². The highest BCUT2D eigenvalue weighted by Crippen LogP contribution is 2.26. The Kier molecular flexibility index (Phi) is 3.80. The van der Waals surface area contributed by atoms with E-state index in [1.165, 1.54) is 24.3 Å². The second-order valence-corrected chi connectivity index (χ2v) is 6.74. The van der Waals surface area contributed by atoms with E-state index in [4.69, 9.17) is 9.15 Å². The normalized spacial score (nSPS) is 11.3. The minimum absolute atomic E-state index is 0.0119. The molecule has 0 fully saturated rings. The summed E-state index contributed by atoms with van der Waals surface area (Å²) in [6.07, 6.45) is 0. The van der Waals surface area contributed by atoms with Gasteiger partial charge in [-0.1, -0.05) is 11.3 Å². The summed E-state index contributed by atoms with van der Waals surface area (Å²) in [4.78, 5) is 28.8. The van der Waals surface area contributed by atoms with Gasteiger partial charge >= 0.3 is 5.97 Å². The van der Waals surface area contributed by atoms with Crippen LogP contribution in [0, 0.1) is 19.7 Å². The van der Waals surface area contributed by atoms with Crippen molar-refractivity contribution in [2.45, 2.75) is 20.5 Å². The molecule has 0 unspecified atom stereocenters. The monoisotopic (exact) mass is 373 g/mol. The number of furan rings is 1. The number of aryl methyl sites for hydroxylation is 2. The van der Waals surface area contributed by atoms with E-state index < -0.39 is 11.8 Å². The smallest absolute Gasteiger partial charge is 0.374 e. The van der Waals surface area contributed by atoms with E-state index >= 15 is 0 Å². The van der Waals surface area contributed by atoms with Crippen molar-refractivity contribution in [2.75, 3.05) is 0 Å². The lowest BCUT2D eigenvalue weighted by Crippen LogP contribution is -2.14. The van der Waals surface area contributed by atoms with Gasteiger partial charge in [-0.2, -0.15) is 9.61 Å². The summed E-state index contributed by atoms with van der Waals surface area (Å²) in [6.45, 7) is 3.25. The maximum atomic E-state index is 13.4. The van der Waals surface area contributed by atoms with Crippen molar-refractivity contribution in [2.24, 2.45) is 0 Å². The molecule has 0 spiro atoms. The minimum atomic E-state index is -0.685. The van der Waals surface area contributed by atoms with Gasteiger partial charge in [0.05, 0.1) is 0 Å². The molecule has 0 amide bonds. The minimum Gasteiger partial charge on any atom is -0.452 e. The first-order valence-corrected chi connectivity index (χ1v) is 8.46. The summed E-state index contributed by atoms with van der Waals surface area (Å²) < 4.78 is 25.2. The van der Waals surface area contributed by atoms with Gasteiger partial charge in [-0.3, -0.25) is 4.79 Å². The number of hydrogen-bond acceptors (Lipinski definition) is 7. The maximum Gasteiger partial charge on any atom is 0.374 e. The number of rotatable bonds is 3. The van der Waals surface area contributed by atoms with Crippen LogP contribution < -0.4 is 5.56 Å². The Labute approximate surface area is 149 Å². The Morgan fingerprint density at radius 2 is 2.15 bits per heavy atom. The van der Waals surface area contributed by atoms with Gasteiger partial charge in [-0.05, 0) is 32.0 Å². The van der Waals surface area contributed by atoms with E-state index in [1.807, 2.05) is 0 Å². The Balaban J connectivity index is 1.58. The summed E-state index contributed by atoms with van der Waals surface area (Å²) in [5.74, 6) is -1.09. The van der Waals surface area contributed by atoms with Gasteiger partial charge in [0.15, 0.2) is 5.01 Å². The van der Waals surface area contributed by atoms with Crippen LogP contribution in [0.3, 0.4) is 0 Å². The van der Waals surface area contributed by atoms with E-state index in [0.29, 0.717) is 32.2 Å². The number of ether oxygens (including phenoxy) is 1. The lowest BCUT2D eigenvalue weighted by molar-refractivity contribution is 0.0436. The fourth-order valence-electron chi connectivity index (χ4n) is 2.60. The van der Waals surface area contributed by atoms with Crippen LogP contribution in [0.15, 0.2) is 33.5 Å². The van der Waals surface area contributed by atoms with Gasteiger partial charge < -0.3 is 9.15 Å². The molecular weight excluding hydrogens is 361 g/mol. The topological polar surface area (TPSA) is 86.7 Å². The molecule has 9 heteroatoms. The number of fused-ring (bicyclic) bond motifs is 2. The predicted octanol–water partition coefficient (Wildman–Crippen LogP) is 3.01. The number of aromatic nitrogens is 3. The second-order valence-electron chi connectivity index (χ2n) is 5.70. The molecule has 3 aromatic heterocycles. The maximum absolute atomic E-state index is 13.4. The fourth-order valence-corrected chi connectivity index (χ4v) is 3.46. The number of hydrogen-bond donors (Lipinski definition) is 0. The second kappa shape index (κ2) is 6.03. The third-order valence-electron chi connectivity index (χ3n) is 3.83. The van der Waals surface area contributed by atoms with Gasteiger partial charge in [0.25, 0.3) is 5.56 Å². The molecule has 132 valence electrons. The van der Waals surface area contributed by atoms with E-state index in [-0.39, 0.29) is 17.9 Å². The summed E-state index contributed by atoms with van der Waals surface area (Å²) in [7, 11) is 0. The molecule has 0 aliphatic carbocycles. The molecule has 26 heavy (non-hydrogen) atoms. The molecule has 1 aromatic carbocycles. The highest BCUT2D eigenvalue weighted by atomic mass is 32.1. The summed E-state index contributed by atoms with van der Waals surface area (Å²) in [5, 5.41) is 5.04. The zero-order valence-electron chi connectivity index (χ0n) is 13.8. The number of carbonyl (C=O) groups excluding carboxylic acids is 1. The lowest BCUT2D eigenvalue weighted by atomic mass is 10.1.